The molecule has 0 aliphatic carbocycles. The van der Waals surface area contributed by atoms with Gasteiger partial charge in [-0.3, -0.25) is 9.59 Å². The van der Waals surface area contributed by atoms with E-state index in [1.54, 1.807) is 4.68 Å². The fourth-order valence-electron chi connectivity index (χ4n) is 4.16. The lowest BCUT2D eigenvalue weighted by Gasteiger charge is -2.18. The lowest BCUT2D eigenvalue weighted by atomic mass is 10.1. The molecule has 2 heterocycles. The van der Waals surface area contributed by atoms with Crippen molar-refractivity contribution in [2.75, 3.05) is 5.32 Å². The van der Waals surface area contributed by atoms with Gasteiger partial charge in [-0.1, -0.05) is 36.8 Å². The summed E-state index contributed by atoms with van der Waals surface area (Å²) in [7, 11) is 0. The summed E-state index contributed by atoms with van der Waals surface area (Å²) >= 11 is 0. The Hall–Kier alpha value is -3.74. The molecule has 170 valence electrons. The maximum absolute atomic E-state index is 13.5. The molecule has 1 atom stereocenters. The van der Waals surface area contributed by atoms with Gasteiger partial charge in [-0.05, 0) is 70.4 Å². The molecule has 7 heteroatoms. The zero-order valence-corrected chi connectivity index (χ0v) is 19.9. The maximum atomic E-state index is 13.5. The molecule has 0 radical (unpaired) electrons. The Morgan fingerprint density at radius 1 is 0.970 bits per heavy atom. The normalized spacial score (nSPS) is 12.2. The van der Waals surface area contributed by atoms with E-state index in [9.17, 15) is 9.59 Å². The highest BCUT2D eigenvalue weighted by Gasteiger charge is 2.25. The highest BCUT2D eigenvalue weighted by molar-refractivity contribution is 5.94. The number of aryl methyl sites for hydroxylation is 5. The van der Waals surface area contributed by atoms with Gasteiger partial charge >= 0.3 is 0 Å². The largest absolute Gasteiger partial charge is 0.324 e. The molecule has 1 N–H and O–H groups in total. The minimum atomic E-state index is -0.745. The van der Waals surface area contributed by atoms with E-state index in [0.717, 1.165) is 39.1 Å². The first-order chi connectivity index (χ1) is 15.7. The summed E-state index contributed by atoms with van der Waals surface area (Å²) in [5.41, 5.74) is 6.23. The molecule has 1 amide bonds. The number of nitrogens with zero attached hydrogens (tertiary/aromatic N) is 4. The van der Waals surface area contributed by atoms with Crippen molar-refractivity contribution >= 4 is 22.5 Å². The maximum Gasteiger partial charge on any atom is 0.295 e. The van der Waals surface area contributed by atoms with Crippen LogP contribution in [0, 0.1) is 34.6 Å². The van der Waals surface area contributed by atoms with Crippen molar-refractivity contribution in [2.24, 2.45) is 0 Å². The van der Waals surface area contributed by atoms with E-state index < -0.39 is 6.04 Å². The van der Waals surface area contributed by atoms with E-state index in [2.05, 4.69) is 15.5 Å². The second kappa shape index (κ2) is 8.65. The summed E-state index contributed by atoms with van der Waals surface area (Å²) in [6, 6.07) is 13.1. The molecule has 2 aromatic heterocycles. The summed E-state index contributed by atoms with van der Waals surface area (Å²) in [5, 5.41) is 12.9. The van der Waals surface area contributed by atoms with Crippen LogP contribution in [0.1, 0.15) is 47.5 Å². The van der Waals surface area contributed by atoms with E-state index in [0.29, 0.717) is 17.6 Å². The van der Waals surface area contributed by atoms with Gasteiger partial charge in [-0.25, -0.2) is 9.36 Å². The van der Waals surface area contributed by atoms with Crippen LogP contribution in [0.4, 0.5) is 5.69 Å². The Morgan fingerprint density at radius 2 is 1.64 bits per heavy atom. The molecule has 33 heavy (non-hydrogen) atoms. The van der Waals surface area contributed by atoms with Crippen molar-refractivity contribution in [3.8, 4) is 5.69 Å². The van der Waals surface area contributed by atoms with Crippen LogP contribution in [0.3, 0.4) is 0 Å². The summed E-state index contributed by atoms with van der Waals surface area (Å²) in [5.74, 6) is -0.269. The Balaban J connectivity index is 1.79. The summed E-state index contributed by atoms with van der Waals surface area (Å²) in [4.78, 5) is 26.7. The van der Waals surface area contributed by atoms with Crippen molar-refractivity contribution in [3.05, 3.63) is 80.9 Å². The molecule has 0 fully saturated rings. The van der Waals surface area contributed by atoms with E-state index in [-0.39, 0.29) is 11.5 Å². The number of benzene rings is 2. The number of rotatable bonds is 5. The van der Waals surface area contributed by atoms with Crippen LogP contribution in [0.5, 0.6) is 0 Å². The first kappa shape index (κ1) is 22.5. The number of amides is 1. The second-order valence-electron chi connectivity index (χ2n) is 8.62. The summed E-state index contributed by atoms with van der Waals surface area (Å²) < 4.78 is 3.05. The number of nitrogens with one attached hydrogen (secondary N) is 1. The van der Waals surface area contributed by atoms with Gasteiger partial charge in [-0.15, -0.1) is 0 Å². The van der Waals surface area contributed by atoms with E-state index in [1.807, 2.05) is 84.0 Å². The standard InChI is InChI=1S/C26H29N5O2/c1-7-22(25(32)27-21-14-16(3)8-11-17(21)4)31-26(33)24-23(18(5)28-31)19(6)30(29-24)20-12-9-15(2)10-13-20/h8-14,22H,7H2,1-6H3,(H,27,32)/t22-/m0/s1. The molecule has 0 saturated heterocycles. The minimum Gasteiger partial charge on any atom is -0.324 e. The van der Waals surface area contributed by atoms with Crippen molar-refractivity contribution in [3.63, 3.8) is 0 Å². The van der Waals surface area contributed by atoms with Gasteiger partial charge in [-0.2, -0.15) is 10.2 Å². The molecule has 0 spiro atoms. The van der Waals surface area contributed by atoms with E-state index in [4.69, 9.17) is 0 Å². The second-order valence-corrected chi connectivity index (χ2v) is 8.62. The van der Waals surface area contributed by atoms with Crippen LogP contribution in [-0.4, -0.2) is 25.5 Å². The molecule has 2 aromatic carbocycles. The fourth-order valence-corrected chi connectivity index (χ4v) is 4.16. The predicted octanol–water partition coefficient (Wildman–Crippen LogP) is 4.71. The molecule has 0 aliphatic heterocycles. The fraction of sp³-hybridized carbons (Fsp3) is 0.308. The molecule has 7 nitrogen and oxygen atoms in total. The number of anilines is 1. The Kier molecular flexibility index (Phi) is 5.89. The zero-order chi connectivity index (χ0) is 23.9. The number of carbonyl (C=O) groups is 1. The van der Waals surface area contributed by atoms with Gasteiger partial charge in [0.15, 0.2) is 5.52 Å². The highest BCUT2D eigenvalue weighted by Crippen LogP contribution is 2.23. The van der Waals surface area contributed by atoms with Crippen molar-refractivity contribution in [1.29, 1.82) is 0 Å². The minimum absolute atomic E-state index is 0.269. The average Bonchev–Trinajstić information content (AvgIpc) is 3.13. The van der Waals surface area contributed by atoms with Crippen LogP contribution >= 0.6 is 0 Å². The highest BCUT2D eigenvalue weighted by atomic mass is 16.2. The number of carbonyl (C=O) groups excluding carboxylic acids is 1. The van der Waals surface area contributed by atoms with Crippen LogP contribution < -0.4 is 10.9 Å². The molecule has 0 unspecified atom stereocenters. The van der Waals surface area contributed by atoms with Gasteiger partial charge < -0.3 is 5.32 Å². The van der Waals surface area contributed by atoms with Gasteiger partial charge in [0.25, 0.3) is 5.56 Å². The first-order valence-electron chi connectivity index (χ1n) is 11.1. The van der Waals surface area contributed by atoms with Gasteiger partial charge in [0.05, 0.1) is 22.5 Å². The molecular weight excluding hydrogens is 414 g/mol. The van der Waals surface area contributed by atoms with Crippen LogP contribution in [0.15, 0.2) is 47.3 Å². The molecule has 0 saturated carbocycles. The lowest BCUT2D eigenvalue weighted by molar-refractivity contribution is -0.119. The smallest absolute Gasteiger partial charge is 0.295 e. The van der Waals surface area contributed by atoms with Crippen molar-refractivity contribution in [1.82, 2.24) is 19.6 Å². The third-order valence-electron chi connectivity index (χ3n) is 6.06. The van der Waals surface area contributed by atoms with Crippen LogP contribution in [-0.2, 0) is 4.79 Å². The topological polar surface area (TPSA) is 81.8 Å². The number of fused-ring (bicyclic) bond motifs is 1. The number of hydrogen-bond acceptors (Lipinski definition) is 4. The molecule has 0 bridgehead atoms. The Bertz CT molecular complexity index is 1410. The third-order valence-corrected chi connectivity index (χ3v) is 6.06. The van der Waals surface area contributed by atoms with E-state index >= 15 is 0 Å². The lowest BCUT2D eigenvalue weighted by Crippen LogP contribution is -2.35. The monoisotopic (exact) mass is 443 g/mol. The summed E-state index contributed by atoms with van der Waals surface area (Å²) in [6.07, 6.45) is 0.423. The van der Waals surface area contributed by atoms with E-state index in [1.165, 1.54) is 4.68 Å². The number of hydrogen-bond donors (Lipinski definition) is 1. The molecule has 0 aliphatic rings. The third kappa shape index (κ3) is 4.06. The predicted molar refractivity (Wildman–Crippen MR) is 131 cm³/mol. The number of aromatic nitrogens is 4. The molecule has 4 rings (SSSR count). The van der Waals surface area contributed by atoms with Crippen molar-refractivity contribution in [2.45, 2.75) is 54.0 Å². The van der Waals surface area contributed by atoms with Gasteiger partial charge in [0.2, 0.25) is 5.91 Å². The van der Waals surface area contributed by atoms with Gasteiger partial charge in [0.1, 0.15) is 6.04 Å². The average molecular weight is 444 g/mol. The van der Waals surface area contributed by atoms with Crippen LogP contribution in [0.2, 0.25) is 0 Å². The molecule has 4 aromatic rings. The quantitative estimate of drug-likeness (QED) is 0.484. The zero-order valence-electron chi connectivity index (χ0n) is 19.9. The Morgan fingerprint density at radius 3 is 2.30 bits per heavy atom. The van der Waals surface area contributed by atoms with Crippen LogP contribution in [0.25, 0.3) is 16.6 Å². The summed E-state index contributed by atoms with van der Waals surface area (Å²) in [6.45, 7) is 11.6. The molecular formula is C26H29N5O2. The SMILES string of the molecule is CC[C@@H](C(=O)Nc1cc(C)ccc1C)n1nc(C)c2c(C)n(-c3ccc(C)cc3)nc2c1=O. The van der Waals surface area contributed by atoms with Gasteiger partial charge in [0, 0.05) is 5.69 Å². The Labute approximate surface area is 193 Å². The first-order valence-corrected chi connectivity index (χ1v) is 11.1. The van der Waals surface area contributed by atoms with Crippen molar-refractivity contribution < 1.29 is 4.79 Å².